The van der Waals surface area contributed by atoms with E-state index in [1.165, 1.54) is 6.42 Å². The number of rotatable bonds is 2. The summed E-state index contributed by atoms with van der Waals surface area (Å²) in [5.74, 6) is 0.717. The third-order valence-corrected chi connectivity index (χ3v) is 6.01. The van der Waals surface area contributed by atoms with Crippen LogP contribution in [0.2, 0.25) is 0 Å². The van der Waals surface area contributed by atoms with Crippen LogP contribution in [0.15, 0.2) is 16.7 Å². The van der Waals surface area contributed by atoms with Crippen LogP contribution in [-0.2, 0) is 4.74 Å². The van der Waals surface area contributed by atoms with E-state index in [-0.39, 0.29) is 22.9 Å². The predicted molar refractivity (Wildman–Crippen MR) is 71.9 cm³/mol. The average molecular weight is 262 g/mol. The van der Waals surface area contributed by atoms with Gasteiger partial charge in [-0.1, -0.05) is 20.8 Å². The maximum Gasteiger partial charge on any atom is 0.374 e. The zero-order chi connectivity index (χ0) is 13.8. The SMILES string of the molecule is Cc1ccoc1C(=O)OC1CC2CCC1(C)C2(C)C. The molecule has 0 aromatic carbocycles. The van der Waals surface area contributed by atoms with Crippen LogP contribution < -0.4 is 0 Å². The summed E-state index contributed by atoms with van der Waals surface area (Å²) < 4.78 is 11.0. The maximum atomic E-state index is 12.2. The Labute approximate surface area is 114 Å². The monoisotopic (exact) mass is 262 g/mol. The fourth-order valence-corrected chi connectivity index (χ4v) is 4.07. The molecule has 104 valence electrons. The van der Waals surface area contributed by atoms with Crippen molar-refractivity contribution >= 4 is 5.97 Å². The van der Waals surface area contributed by atoms with Gasteiger partial charge in [0.15, 0.2) is 0 Å². The van der Waals surface area contributed by atoms with Gasteiger partial charge in [0.2, 0.25) is 5.76 Å². The molecule has 0 aliphatic heterocycles. The standard InChI is InChI=1S/C16H22O3/c1-10-6-8-18-13(10)14(17)19-12-9-11-5-7-16(12,4)15(11,2)3/h6,8,11-12H,5,7,9H2,1-4H3. The van der Waals surface area contributed by atoms with Crippen LogP contribution in [0, 0.1) is 23.7 Å². The van der Waals surface area contributed by atoms with Crippen LogP contribution in [-0.4, -0.2) is 12.1 Å². The number of furan rings is 1. The topological polar surface area (TPSA) is 39.4 Å². The van der Waals surface area contributed by atoms with Crippen molar-refractivity contribution in [2.75, 3.05) is 0 Å². The van der Waals surface area contributed by atoms with E-state index in [4.69, 9.17) is 9.15 Å². The third-order valence-electron chi connectivity index (χ3n) is 6.01. The highest BCUT2D eigenvalue weighted by molar-refractivity contribution is 5.88. The van der Waals surface area contributed by atoms with Gasteiger partial charge >= 0.3 is 5.97 Å². The first-order valence-electron chi connectivity index (χ1n) is 7.11. The quantitative estimate of drug-likeness (QED) is 0.757. The van der Waals surface area contributed by atoms with Gasteiger partial charge in [0.1, 0.15) is 6.10 Å². The molecule has 3 rings (SSSR count). The average Bonchev–Trinajstić information content (AvgIpc) is 2.90. The minimum Gasteiger partial charge on any atom is -0.457 e. The molecule has 1 heterocycles. The lowest BCUT2D eigenvalue weighted by atomic mass is 9.70. The van der Waals surface area contributed by atoms with Gasteiger partial charge in [-0.3, -0.25) is 0 Å². The van der Waals surface area contributed by atoms with E-state index in [1.807, 2.05) is 6.92 Å². The van der Waals surface area contributed by atoms with Gasteiger partial charge in [0, 0.05) is 11.0 Å². The molecule has 0 saturated heterocycles. The molecule has 3 atom stereocenters. The van der Waals surface area contributed by atoms with Gasteiger partial charge < -0.3 is 9.15 Å². The highest BCUT2D eigenvalue weighted by atomic mass is 16.6. The van der Waals surface area contributed by atoms with Gasteiger partial charge in [0.25, 0.3) is 0 Å². The number of aryl methyl sites for hydroxylation is 1. The minimum atomic E-state index is -0.308. The number of carbonyl (C=O) groups is 1. The summed E-state index contributed by atoms with van der Waals surface area (Å²) in [6.07, 6.45) is 4.98. The van der Waals surface area contributed by atoms with Crippen LogP contribution in [0.25, 0.3) is 0 Å². The Hall–Kier alpha value is -1.25. The van der Waals surface area contributed by atoms with Gasteiger partial charge in [-0.05, 0) is 43.6 Å². The van der Waals surface area contributed by atoms with Gasteiger partial charge in [-0.25, -0.2) is 4.79 Å². The van der Waals surface area contributed by atoms with Crippen molar-refractivity contribution in [3.63, 3.8) is 0 Å². The lowest BCUT2D eigenvalue weighted by Crippen LogP contribution is -2.38. The lowest BCUT2D eigenvalue weighted by molar-refractivity contribution is -0.0265. The van der Waals surface area contributed by atoms with Gasteiger partial charge in [0.05, 0.1) is 6.26 Å². The first kappa shape index (κ1) is 12.8. The van der Waals surface area contributed by atoms with Crippen LogP contribution in [0.4, 0.5) is 0 Å². The van der Waals surface area contributed by atoms with Crippen molar-refractivity contribution < 1.29 is 13.9 Å². The maximum absolute atomic E-state index is 12.2. The zero-order valence-corrected chi connectivity index (χ0v) is 12.2. The number of hydrogen-bond donors (Lipinski definition) is 0. The van der Waals surface area contributed by atoms with Crippen molar-refractivity contribution in [1.29, 1.82) is 0 Å². The van der Waals surface area contributed by atoms with E-state index in [0.717, 1.165) is 18.4 Å². The molecule has 0 amide bonds. The molecule has 2 saturated carbocycles. The first-order valence-corrected chi connectivity index (χ1v) is 7.11. The van der Waals surface area contributed by atoms with Gasteiger partial charge in [-0.15, -0.1) is 0 Å². The van der Waals surface area contributed by atoms with E-state index in [2.05, 4.69) is 20.8 Å². The molecule has 3 heteroatoms. The normalized spacial score (nSPS) is 35.6. The fraction of sp³-hybridized carbons (Fsp3) is 0.688. The van der Waals surface area contributed by atoms with Crippen molar-refractivity contribution in [1.82, 2.24) is 0 Å². The Bertz CT molecular complexity index is 514. The second kappa shape index (κ2) is 3.87. The molecule has 1 aromatic heterocycles. The molecule has 2 aliphatic carbocycles. The summed E-state index contributed by atoms with van der Waals surface area (Å²) in [4.78, 5) is 12.2. The van der Waals surface area contributed by atoms with Crippen molar-refractivity contribution in [3.05, 3.63) is 23.7 Å². The highest BCUT2D eigenvalue weighted by Crippen LogP contribution is 2.66. The van der Waals surface area contributed by atoms with Crippen LogP contribution >= 0.6 is 0 Å². The molecule has 19 heavy (non-hydrogen) atoms. The van der Waals surface area contributed by atoms with E-state index < -0.39 is 0 Å². The highest BCUT2D eigenvalue weighted by Gasteiger charge is 2.62. The summed E-state index contributed by atoms with van der Waals surface area (Å²) in [6.45, 7) is 8.77. The Morgan fingerprint density at radius 3 is 2.63 bits per heavy atom. The molecule has 1 aromatic rings. The summed E-state index contributed by atoms with van der Waals surface area (Å²) in [6, 6.07) is 1.79. The second-order valence-electron chi connectivity index (χ2n) is 6.94. The summed E-state index contributed by atoms with van der Waals surface area (Å²) >= 11 is 0. The number of carbonyl (C=O) groups excluding carboxylic acids is 1. The van der Waals surface area contributed by atoms with Crippen molar-refractivity contribution in [2.45, 2.75) is 53.1 Å². The molecular weight excluding hydrogens is 240 g/mol. The molecule has 3 nitrogen and oxygen atoms in total. The largest absolute Gasteiger partial charge is 0.457 e. The second-order valence-corrected chi connectivity index (χ2v) is 6.94. The number of ether oxygens (including phenoxy) is 1. The van der Waals surface area contributed by atoms with E-state index >= 15 is 0 Å². The molecule has 2 bridgehead atoms. The Morgan fingerprint density at radius 1 is 1.42 bits per heavy atom. The number of esters is 1. The van der Waals surface area contributed by atoms with Crippen LogP contribution in [0.3, 0.4) is 0 Å². The van der Waals surface area contributed by atoms with E-state index in [0.29, 0.717) is 11.7 Å². The summed E-state index contributed by atoms with van der Waals surface area (Å²) in [5.41, 5.74) is 1.21. The molecular formula is C16H22O3. The smallest absolute Gasteiger partial charge is 0.374 e. The van der Waals surface area contributed by atoms with Gasteiger partial charge in [-0.2, -0.15) is 0 Å². The molecule has 0 N–H and O–H groups in total. The predicted octanol–water partition coefficient (Wildman–Crippen LogP) is 3.96. The third kappa shape index (κ3) is 1.60. The minimum absolute atomic E-state index is 0.0262. The number of fused-ring (bicyclic) bond motifs is 2. The Kier molecular flexibility index (Phi) is 2.60. The van der Waals surface area contributed by atoms with Crippen LogP contribution in [0.1, 0.15) is 56.2 Å². The fourth-order valence-electron chi connectivity index (χ4n) is 4.07. The van der Waals surface area contributed by atoms with E-state index in [9.17, 15) is 4.79 Å². The van der Waals surface area contributed by atoms with Crippen molar-refractivity contribution in [2.24, 2.45) is 16.7 Å². The first-order chi connectivity index (χ1) is 8.86. The Balaban J connectivity index is 1.79. The lowest BCUT2D eigenvalue weighted by Gasteiger charge is -2.38. The van der Waals surface area contributed by atoms with Crippen LogP contribution in [0.5, 0.6) is 0 Å². The molecule has 2 aliphatic rings. The summed E-state index contributed by atoms with van der Waals surface area (Å²) in [7, 11) is 0. The summed E-state index contributed by atoms with van der Waals surface area (Å²) in [5, 5.41) is 0. The molecule has 3 unspecified atom stereocenters. The molecule has 2 fully saturated rings. The van der Waals surface area contributed by atoms with E-state index in [1.54, 1.807) is 12.3 Å². The molecule has 0 radical (unpaired) electrons. The molecule has 0 spiro atoms. The van der Waals surface area contributed by atoms with Crippen molar-refractivity contribution in [3.8, 4) is 0 Å². The number of hydrogen-bond acceptors (Lipinski definition) is 3. The zero-order valence-electron chi connectivity index (χ0n) is 12.2. The Morgan fingerprint density at radius 2 is 2.16 bits per heavy atom.